The number of hydrogen-bond donors (Lipinski definition) is 4. The van der Waals surface area contributed by atoms with Crippen LogP contribution in [0.1, 0.15) is 29.6 Å². The van der Waals surface area contributed by atoms with Crippen molar-refractivity contribution in [3.8, 4) is 5.75 Å². The van der Waals surface area contributed by atoms with E-state index in [0.29, 0.717) is 29.2 Å². The number of nitrogen functional groups attached to an aromatic ring is 1. The number of rotatable bonds is 9. The van der Waals surface area contributed by atoms with Gasteiger partial charge in [0.2, 0.25) is 11.8 Å². The molecule has 0 aliphatic carbocycles. The average Bonchev–Trinajstić information content (AvgIpc) is 2.87. The van der Waals surface area contributed by atoms with Crippen LogP contribution in [0.4, 0.5) is 17.1 Å². The van der Waals surface area contributed by atoms with Crippen LogP contribution < -0.4 is 26.8 Å². The Morgan fingerprint density at radius 1 is 1.06 bits per heavy atom. The molecule has 0 aromatic heterocycles. The lowest BCUT2D eigenvalue weighted by molar-refractivity contribution is -0.121. The summed E-state index contributed by atoms with van der Waals surface area (Å²) in [5, 5.41) is 8.69. The molecule has 8 heteroatoms. The molecule has 6 N–H and O–H groups in total. The molecule has 1 aliphatic rings. The van der Waals surface area contributed by atoms with Gasteiger partial charge in [-0.25, -0.2) is 0 Å². The molecular formula is C27H33N5O3. The molecule has 0 radical (unpaired) electrons. The number of carbonyl (C=O) groups excluding carboxylic acids is 2. The van der Waals surface area contributed by atoms with Crippen LogP contribution in [-0.2, 0) is 4.79 Å². The number of nitrogens with one attached hydrogen (secondary N) is 2. The average molecular weight is 476 g/mol. The fourth-order valence-corrected chi connectivity index (χ4v) is 4.58. The standard InChI is InChI=1S/C27H33N5O3/c1-35-24-17-21(26(29)33)16-23(28)25(24)30-11-4-12-32-13-9-19(10-14-32)27(34)31-22-8-7-18-5-2-3-6-20(18)15-22/h2-3,5-8,15-17,19,30H,4,9-14,28H2,1H3,(H2,29,33)(H,31,34). The zero-order valence-electron chi connectivity index (χ0n) is 20.0. The van der Waals surface area contributed by atoms with Crippen LogP contribution in [0, 0.1) is 5.92 Å². The molecule has 1 fully saturated rings. The monoisotopic (exact) mass is 475 g/mol. The van der Waals surface area contributed by atoms with E-state index < -0.39 is 5.91 Å². The van der Waals surface area contributed by atoms with E-state index in [1.54, 1.807) is 12.1 Å². The van der Waals surface area contributed by atoms with Gasteiger partial charge in [-0.1, -0.05) is 30.3 Å². The number of amides is 2. The van der Waals surface area contributed by atoms with Crippen molar-refractivity contribution in [3.05, 3.63) is 60.2 Å². The van der Waals surface area contributed by atoms with E-state index in [1.165, 1.54) is 7.11 Å². The van der Waals surface area contributed by atoms with Crippen molar-refractivity contribution in [1.29, 1.82) is 0 Å². The molecule has 3 aromatic carbocycles. The number of hydrogen-bond acceptors (Lipinski definition) is 6. The Morgan fingerprint density at radius 2 is 1.80 bits per heavy atom. The van der Waals surface area contributed by atoms with E-state index in [-0.39, 0.29) is 11.8 Å². The molecule has 1 aliphatic heterocycles. The van der Waals surface area contributed by atoms with E-state index in [2.05, 4.69) is 27.7 Å². The largest absolute Gasteiger partial charge is 0.494 e. The summed E-state index contributed by atoms with van der Waals surface area (Å²) in [6.45, 7) is 3.43. The number of carbonyl (C=O) groups is 2. The van der Waals surface area contributed by atoms with Gasteiger partial charge < -0.3 is 31.7 Å². The predicted octanol–water partition coefficient (Wildman–Crippen LogP) is 3.68. The molecule has 1 saturated heterocycles. The highest BCUT2D eigenvalue weighted by molar-refractivity contribution is 5.96. The maximum Gasteiger partial charge on any atom is 0.248 e. The third kappa shape index (κ3) is 6.02. The lowest BCUT2D eigenvalue weighted by Crippen LogP contribution is -2.39. The van der Waals surface area contributed by atoms with E-state index in [0.717, 1.165) is 55.4 Å². The summed E-state index contributed by atoms with van der Waals surface area (Å²) in [5.74, 6) is 0.0835. The van der Waals surface area contributed by atoms with Crippen LogP contribution in [0.25, 0.3) is 10.8 Å². The normalized spacial score (nSPS) is 14.5. The van der Waals surface area contributed by atoms with Crippen molar-refractivity contribution in [2.75, 3.05) is 49.7 Å². The van der Waals surface area contributed by atoms with E-state index in [9.17, 15) is 9.59 Å². The molecule has 0 unspecified atom stereocenters. The summed E-state index contributed by atoms with van der Waals surface area (Å²) in [7, 11) is 1.53. The predicted molar refractivity (Wildman–Crippen MR) is 141 cm³/mol. The highest BCUT2D eigenvalue weighted by Gasteiger charge is 2.25. The SMILES string of the molecule is COc1cc(C(N)=O)cc(N)c1NCCCN1CCC(C(=O)Nc2ccc3ccccc3c2)CC1. The quantitative estimate of drug-likeness (QED) is 0.277. The number of piperidine rings is 1. The van der Waals surface area contributed by atoms with Crippen LogP contribution in [-0.4, -0.2) is 50.0 Å². The van der Waals surface area contributed by atoms with E-state index in [4.69, 9.17) is 16.2 Å². The number of nitrogens with zero attached hydrogens (tertiary/aromatic N) is 1. The Kier molecular flexibility index (Phi) is 7.72. The molecule has 0 saturated carbocycles. The van der Waals surface area contributed by atoms with Crippen molar-refractivity contribution in [2.24, 2.45) is 11.7 Å². The minimum atomic E-state index is -0.545. The van der Waals surface area contributed by atoms with Crippen LogP contribution in [0.2, 0.25) is 0 Å². The number of methoxy groups -OCH3 is 1. The highest BCUT2D eigenvalue weighted by atomic mass is 16.5. The van der Waals surface area contributed by atoms with Gasteiger partial charge in [0, 0.05) is 23.7 Å². The molecule has 0 bridgehead atoms. The summed E-state index contributed by atoms with van der Waals surface area (Å²) in [4.78, 5) is 26.6. The Hall–Kier alpha value is -3.78. The third-order valence-corrected chi connectivity index (χ3v) is 6.57. The Bertz CT molecular complexity index is 1200. The van der Waals surface area contributed by atoms with Gasteiger partial charge in [-0.05, 0) is 73.9 Å². The van der Waals surface area contributed by atoms with Crippen molar-refractivity contribution in [1.82, 2.24) is 4.90 Å². The number of anilines is 3. The van der Waals surface area contributed by atoms with E-state index >= 15 is 0 Å². The van der Waals surface area contributed by atoms with E-state index in [1.807, 2.05) is 30.3 Å². The van der Waals surface area contributed by atoms with Gasteiger partial charge >= 0.3 is 0 Å². The Morgan fingerprint density at radius 3 is 2.51 bits per heavy atom. The summed E-state index contributed by atoms with van der Waals surface area (Å²) in [5.41, 5.74) is 13.7. The maximum absolute atomic E-state index is 12.8. The first kappa shape index (κ1) is 24.3. The second-order valence-corrected chi connectivity index (χ2v) is 8.95. The fourth-order valence-electron chi connectivity index (χ4n) is 4.58. The second kappa shape index (κ2) is 11.1. The second-order valence-electron chi connectivity index (χ2n) is 8.95. The van der Waals surface area contributed by atoms with Gasteiger partial charge in [0.1, 0.15) is 11.4 Å². The molecule has 0 atom stereocenters. The smallest absolute Gasteiger partial charge is 0.248 e. The minimum Gasteiger partial charge on any atom is -0.494 e. The summed E-state index contributed by atoms with van der Waals surface area (Å²) < 4.78 is 5.36. The highest BCUT2D eigenvalue weighted by Crippen LogP contribution is 2.32. The van der Waals surface area contributed by atoms with Gasteiger partial charge in [0.05, 0.1) is 12.8 Å². The molecule has 184 valence electrons. The van der Waals surface area contributed by atoms with Crippen LogP contribution in [0.3, 0.4) is 0 Å². The number of ether oxygens (including phenoxy) is 1. The summed E-state index contributed by atoms with van der Waals surface area (Å²) in [6, 6.07) is 17.3. The number of benzene rings is 3. The van der Waals surface area contributed by atoms with Crippen molar-refractivity contribution >= 4 is 39.6 Å². The zero-order chi connectivity index (χ0) is 24.8. The molecule has 1 heterocycles. The van der Waals surface area contributed by atoms with Crippen molar-refractivity contribution < 1.29 is 14.3 Å². The number of likely N-dealkylation sites (tertiary alicyclic amines) is 1. The van der Waals surface area contributed by atoms with Crippen LogP contribution in [0.5, 0.6) is 5.75 Å². The molecular weight excluding hydrogens is 442 g/mol. The molecule has 2 amide bonds. The lowest BCUT2D eigenvalue weighted by atomic mass is 9.95. The summed E-state index contributed by atoms with van der Waals surface area (Å²) in [6.07, 6.45) is 2.61. The zero-order valence-corrected chi connectivity index (χ0v) is 20.0. The molecule has 0 spiro atoms. The number of fused-ring (bicyclic) bond motifs is 1. The molecule has 3 aromatic rings. The van der Waals surface area contributed by atoms with Crippen LogP contribution >= 0.6 is 0 Å². The Labute approximate surface area is 205 Å². The fraction of sp³-hybridized carbons (Fsp3) is 0.333. The Balaban J connectivity index is 1.21. The van der Waals surface area contributed by atoms with Gasteiger partial charge in [0.25, 0.3) is 0 Å². The van der Waals surface area contributed by atoms with Gasteiger partial charge in [-0.2, -0.15) is 0 Å². The first-order valence-corrected chi connectivity index (χ1v) is 12.0. The lowest BCUT2D eigenvalue weighted by Gasteiger charge is -2.31. The van der Waals surface area contributed by atoms with Crippen molar-refractivity contribution in [2.45, 2.75) is 19.3 Å². The first-order chi connectivity index (χ1) is 16.9. The topological polar surface area (TPSA) is 123 Å². The van der Waals surface area contributed by atoms with Gasteiger partial charge in [-0.15, -0.1) is 0 Å². The first-order valence-electron chi connectivity index (χ1n) is 12.0. The number of nitrogens with two attached hydrogens (primary N) is 2. The summed E-state index contributed by atoms with van der Waals surface area (Å²) >= 11 is 0. The molecule has 4 rings (SSSR count). The van der Waals surface area contributed by atoms with Crippen LogP contribution in [0.15, 0.2) is 54.6 Å². The maximum atomic E-state index is 12.8. The number of primary amides is 1. The van der Waals surface area contributed by atoms with Crippen molar-refractivity contribution in [3.63, 3.8) is 0 Å². The van der Waals surface area contributed by atoms with Gasteiger partial charge in [0.15, 0.2) is 0 Å². The minimum absolute atomic E-state index is 0.0312. The molecule has 8 nitrogen and oxygen atoms in total. The molecule has 35 heavy (non-hydrogen) atoms. The van der Waals surface area contributed by atoms with Gasteiger partial charge in [-0.3, -0.25) is 9.59 Å². The third-order valence-electron chi connectivity index (χ3n) is 6.57.